The summed E-state index contributed by atoms with van der Waals surface area (Å²) in [7, 11) is 0.625. The largest absolute Gasteiger partial charge is 0.458 e. The SMILES string of the molecule is C/C=C\C(F)=C(/CCl)COC.CP(NC(C)(C)C=O)Oc1ccc(Cl)cc1. The predicted octanol–water partition coefficient (Wildman–Crippen LogP) is 5.90. The van der Waals surface area contributed by atoms with Gasteiger partial charge in [0.1, 0.15) is 17.9 Å². The van der Waals surface area contributed by atoms with E-state index in [-0.39, 0.29) is 18.3 Å². The number of methoxy groups -OCH3 is 1. The summed E-state index contributed by atoms with van der Waals surface area (Å²) in [5, 5.41) is 3.79. The second kappa shape index (κ2) is 14.1. The monoisotopic (exact) mass is 437 g/mol. The highest BCUT2D eigenvalue weighted by Crippen LogP contribution is 2.32. The smallest absolute Gasteiger partial charge is 0.158 e. The highest BCUT2D eigenvalue weighted by atomic mass is 35.5. The van der Waals surface area contributed by atoms with Gasteiger partial charge in [-0.15, -0.1) is 11.6 Å². The predicted molar refractivity (Wildman–Crippen MR) is 114 cm³/mol. The number of carbonyl (C=O) groups excluding carboxylic acids is 1. The Balaban J connectivity index is 0.000000541. The summed E-state index contributed by atoms with van der Waals surface area (Å²) in [6.07, 6.45) is 3.87. The topological polar surface area (TPSA) is 47.6 Å². The van der Waals surface area contributed by atoms with E-state index in [0.29, 0.717) is 10.6 Å². The van der Waals surface area contributed by atoms with Crippen molar-refractivity contribution in [3.63, 3.8) is 0 Å². The fourth-order valence-corrected chi connectivity index (χ4v) is 3.40. The maximum absolute atomic E-state index is 12.9. The van der Waals surface area contributed by atoms with E-state index in [1.807, 2.05) is 20.5 Å². The van der Waals surface area contributed by atoms with Gasteiger partial charge in [-0.2, -0.15) is 0 Å². The molecule has 0 aliphatic rings. The Labute approximate surface area is 172 Å². The Morgan fingerprint density at radius 3 is 2.37 bits per heavy atom. The van der Waals surface area contributed by atoms with Crippen LogP contribution in [0.25, 0.3) is 0 Å². The van der Waals surface area contributed by atoms with Gasteiger partial charge in [-0.3, -0.25) is 5.09 Å². The van der Waals surface area contributed by atoms with Crippen LogP contribution >= 0.6 is 31.5 Å². The third-order valence-corrected chi connectivity index (χ3v) is 4.88. The van der Waals surface area contributed by atoms with E-state index >= 15 is 0 Å². The first-order valence-electron chi connectivity index (χ1n) is 8.15. The number of nitrogens with one attached hydrogen (secondary N) is 1. The van der Waals surface area contributed by atoms with Crippen molar-refractivity contribution in [3.8, 4) is 5.75 Å². The summed E-state index contributed by atoms with van der Waals surface area (Å²) in [5.41, 5.74) is -0.0837. The number of allylic oxidation sites excluding steroid dienone is 3. The van der Waals surface area contributed by atoms with Gasteiger partial charge in [0, 0.05) is 30.3 Å². The molecule has 4 nitrogen and oxygen atoms in total. The van der Waals surface area contributed by atoms with Gasteiger partial charge >= 0.3 is 0 Å². The molecule has 1 rings (SSSR count). The molecule has 0 fully saturated rings. The first-order valence-corrected chi connectivity index (χ1v) is 10.8. The van der Waals surface area contributed by atoms with E-state index in [2.05, 4.69) is 5.09 Å². The number of halogens is 3. The molecule has 0 spiro atoms. The molecule has 0 saturated carbocycles. The molecule has 0 saturated heterocycles. The van der Waals surface area contributed by atoms with E-state index in [4.69, 9.17) is 32.5 Å². The second-order valence-electron chi connectivity index (χ2n) is 6.01. The molecule has 1 aromatic rings. The summed E-state index contributed by atoms with van der Waals surface area (Å²) in [6, 6.07) is 7.14. The van der Waals surface area contributed by atoms with Gasteiger partial charge in [-0.1, -0.05) is 17.7 Å². The molecule has 1 N–H and O–H groups in total. The molecule has 0 aliphatic heterocycles. The number of carbonyl (C=O) groups is 1. The molecule has 0 amide bonds. The lowest BCUT2D eigenvalue weighted by atomic mass is 10.1. The van der Waals surface area contributed by atoms with Crippen LogP contribution in [0.2, 0.25) is 5.02 Å². The number of hydrogen-bond acceptors (Lipinski definition) is 4. The molecular weight excluding hydrogens is 411 g/mol. The number of benzene rings is 1. The van der Waals surface area contributed by atoms with E-state index in [9.17, 15) is 9.18 Å². The van der Waals surface area contributed by atoms with Crippen molar-refractivity contribution in [2.75, 3.05) is 26.3 Å². The lowest BCUT2D eigenvalue weighted by Gasteiger charge is -2.24. The van der Waals surface area contributed by atoms with Crippen LogP contribution in [-0.2, 0) is 9.53 Å². The van der Waals surface area contributed by atoms with Gasteiger partial charge in [0.2, 0.25) is 0 Å². The molecule has 27 heavy (non-hydrogen) atoms. The van der Waals surface area contributed by atoms with Crippen molar-refractivity contribution in [2.45, 2.75) is 26.3 Å². The summed E-state index contributed by atoms with van der Waals surface area (Å²) >= 11 is 11.2. The minimum atomic E-state index is -0.885. The van der Waals surface area contributed by atoms with Crippen LogP contribution in [0.4, 0.5) is 4.39 Å². The molecule has 1 unspecified atom stereocenters. The molecular formula is C19H27Cl2FNO3P. The molecule has 0 bridgehead atoms. The molecule has 0 aliphatic carbocycles. The molecule has 1 aromatic carbocycles. The van der Waals surface area contributed by atoms with Crippen molar-refractivity contribution < 1.29 is 18.4 Å². The Morgan fingerprint density at radius 1 is 1.33 bits per heavy atom. The van der Waals surface area contributed by atoms with Gasteiger partial charge in [0.05, 0.1) is 12.1 Å². The molecule has 0 heterocycles. The van der Waals surface area contributed by atoms with Crippen molar-refractivity contribution >= 4 is 37.8 Å². The maximum atomic E-state index is 12.9. The summed E-state index contributed by atoms with van der Waals surface area (Å²) in [6.45, 7) is 7.53. The van der Waals surface area contributed by atoms with Crippen LogP contribution in [0.1, 0.15) is 20.8 Å². The van der Waals surface area contributed by atoms with Crippen LogP contribution < -0.4 is 9.61 Å². The number of hydrogen-bond donors (Lipinski definition) is 1. The summed E-state index contributed by atoms with van der Waals surface area (Å²) in [4.78, 5) is 10.7. The number of aldehydes is 1. The van der Waals surface area contributed by atoms with Crippen LogP contribution in [-0.4, -0.2) is 38.1 Å². The van der Waals surface area contributed by atoms with Gasteiger partial charge < -0.3 is 14.1 Å². The number of rotatable bonds is 9. The first-order chi connectivity index (χ1) is 12.7. The average Bonchev–Trinajstić information content (AvgIpc) is 2.62. The Hall–Kier alpha value is -0.970. The van der Waals surface area contributed by atoms with Crippen LogP contribution in [0.15, 0.2) is 47.8 Å². The lowest BCUT2D eigenvalue weighted by Crippen LogP contribution is -2.37. The highest BCUT2D eigenvalue weighted by molar-refractivity contribution is 7.50. The van der Waals surface area contributed by atoms with Crippen LogP contribution in [0, 0.1) is 0 Å². The van der Waals surface area contributed by atoms with Crippen LogP contribution in [0.5, 0.6) is 5.75 Å². The zero-order valence-electron chi connectivity index (χ0n) is 16.3. The minimum absolute atomic E-state index is 0.171. The van der Waals surface area contributed by atoms with Crippen molar-refractivity contribution in [2.24, 2.45) is 0 Å². The molecule has 152 valence electrons. The van der Waals surface area contributed by atoms with Crippen molar-refractivity contribution in [1.29, 1.82) is 0 Å². The average molecular weight is 438 g/mol. The summed E-state index contributed by atoms with van der Waals surface area (Å²) < 4.78 is 23.3. The third kappa shape index (κ3) is 12.2. The van der Waals surface area contributed by atoms with Crippen molar-refractivity contribution in [1.82, 2.24) is 5.09 Å². The second-order valence-corrected chi connectivity index (χ2v) is 8.12. The highest BCUT2D eigenvalue weighted by Gasteiger charge is 2.20. The van der Waals surface area contributed by atoms with E-state index in [1.54, 1.807) is 37.3 Å². The Kier molecular flexibility index (Phi) is 13.6. The third-order valence-electron chi connectivity index (χ3n) is 2.93. The molecule has 1 atom stereocenters. The number of alkyl halides is 1. The Morgan fingerprint density at radius 2 is 1.93 bits per heavy atom. The number of ether oxygens (including phenoxy) is 1. The molecule has 0 aromatic heterocycles. The zero-order valence-corrected chi connectivity index (χ0v) is 18.7. The van der Waals surface area contributed by atoms with Gasteiger partial charge in [-0.25, -0.2) is 4.39 Å². The fourth-order valence-electron chi connectivity index (χ4n) is 1.72. The minimum Gasteiger partial charge on any atom is -0.458 e. The maximum Gasteiger partial charge on any atom is 0.158 e. The molecule has 8 heteroatoms. The van der Waals surface area contributed by atoms with Gasteiger partial charge in [0.15, 0.2) is 8.30 Å². The van der Waals surface area contributed by atoms with Gasteiger partial charge in [0.25, 0.3) is 0 Å². The normalized spacial score (nSPS) is 13.5. The van der Waals surface area contributed by atoms with E-state index < -0.39 is 13.8 Å². The quantitative estimate of drug-likeness (QED) is 0.226. The first kappa shape index (κ1) is 26.0. The fraction of sp³-hybridized carbons (Fsp3) is 0.421. The van der Waals surface area contributed by atoms with Crippen LogP contribution in [0.3, 0.4) is 0 Å². The summed E-state index contributed by atoms with van der Waals surface area (Å²) in [5.74, 6) is 0.612. The molecule has 0 radical (unpaired) electrons. The van der Waals surface area contributed by atoms with E-state index in [1.165, 1.54) is 13.2 Å². The lowest BCUT2D eigenvalue weighted by molar-refractivity contribution is -0.111. The van der Waals surface area contributed by atoms with Gasteiger partial charge in [-0.05, 0) is 51.1 Å². The standard InChI is InChI=1S/C11H15ClNO2P.C8H12ClFO/c1-11(2,8-14)13-16(3)15-10-6-4-9(12)5-7-10;1-3-4-8(10)7(5-9)6-11-2/h4-8,13H,1-3H3;3-4H,5-6H2,1-2H3/b;4-3-,8-7-. The van der Waals surface area contributed by atoms with E-state index in [0.717, 1.165) is 12.0 Å². The van der Waals surface area contributed by atoms with Crippen molar-refractivity contribution in [3.05, 3.63) is 52.8 Å². The zero-order chi connectivity index (χ0) is 20.9. The Bertz CT molecular complexity index is 622.